The van der Waals surface area contributed by atoms with Gasteiger partial charge in [-0.25, -0.2) is 0 Å². The molecule has 0 bridgehead atoms. The van der Waals surface area contributed by atoms with E-state index < -0.39 is 0 Å². The zero-order valence-electron chi connectivity index (χ0n) is 15.6. The molecule has 2 aliphatic carbocycles. The van der Waals surface area contributed by atoms with Crippen LogP contribution in [0.25, 0.3) is 0 Å². The predicted octanol–water partition coefficient (Wildman–Crippen LogP) is 3.37. The van der Waals surface area contributed by atoms with E-state index in [4.69, 9.17) is 0 Å². The van der Waals surface area contributed by atoms with Gasteiger partial charge in [-0.2, -0.15) is 5.10 Å². The molecule has 0 atom stereocenters. The van der Waals surface area contributed by atoms with Gasteiger partial charge in [0.25, 0.3) is 0 Å². The molecule has 1 saturated heterocycles. The first-order chi connectivity index (χ1) is 12.9. The molecular weight excluding hydrogens is 324 g/mol. The lowest BCUT2D eigenvalue weighted by Gasteiger charge is -2.39. The van der Waals surface area contributed by atoms with Crippen molar-refractivity contribution in [3.8, 4) is 0 Å². The van der Waals surface area contributed by atoms with Crippen molar-refractivity contribution < 1.29 is 0 Å². The second-order valence-electron chi connectivity index (χ2n) is 8.38. The quantitative estimate of drug-likeness (QED) is 0.826. The van der Waals surface area contributed by atoms with E-state index in [0.29, 0.717) is 12.0 Å². The van der Waals surface area contributed by atoms with Crippen LogP contribution < -0.4 is 0 Å². The van der Waals surface area contributed by atoms with Crippen molar-refractivity contribution in [3.63, 3.8) is 0 Å². The highest BCUT2D eigenvalue weighted by Crippen LogP contribution is 2.40. The Balaban J connectivity index is 1.29. The molecule has 26 heavy (non-hydrogen) atoms. The Morgan fingerprint density at radius 2 is 1.69 bits per heavy atom. The number of aromatic nitrogens is 5. The zero-order chi connectivity index (χ0) is 17.3. The topological polar surface area (TPSA) is 51.8 Å². The van der Waals surface area contributed by atoms with Gasteiger partial charge in [0.2, 0.25) is 0 Å². The van der Waals surface area contributed by atoms with Gasteiger partial charge < -0.3 is 9.47 Å². The van der Waals surface area contributed by atoms with Crippen LogP contribution in [0.5, 0.6) is 0 Å². The summed E-state index contributed by atoms with van der Waals surface area (Å²) in [6, 6.07) is 3.45. The fraction of sp³-hybridized carbons (Fsp3) is 0.750. The SMILES string of the molecule is c1cnn(Cc2nnc(C3CCN(C4CCCCC4)CC3)n2C2CC2)c1. The highest BCUT2D eigenvalue weighted by Gasteiger charge is 2.34. The molecule has 0 radical (unpaired) electrons. The molecule has 6 nitrogen and oxygen atoms in total. The Morgan fingerprint density at radius 1 is 0.885 bits per heavy atom. The van der Waals surface area contributed by atoms with Gasteiger partial charge in [0, 0.05) is 30.4 Å². The summed E-state index contributed by atoms with van der Waals surface area (Å²) in [5, 5.41) is 13.6. The van der Waals surface area contributed by atoms with Gasteiger partial charge in [-0.15, -0.1) is 10.2 Å². The minimum Gasteiger partial charge on any atom is -0.310 e. The molecule has 0 aromatic carbocycles. The van der Waals surface area contributed by atoms with Crippen molar-refractivity contribution in [2.45, 2.75) is 82.3 Å². The molecule has 3 heterocycles. The highest BCUT2D eigenvalue weighted by molar-refractivity contribution is 5.09. The number of likely N-dealkylation sites (tertiary alicyclic amines) is 1. The van der Waals surface area contributed by atoms with Crippen LogP contribution in [0, 0.1) is 0 Å². The minimum atomic E-state index is 0.578. The molecule has 2 aromatic rings. The van der Waals surface area contributed by atoms with E-state index in [1.165, 1.54) is 76.7 Å². The number of hydrogen-bond acceptors (Lipinski definition) is 4. The molecule has 0 N–H and O–H groups in total. The second-order valence-corrected chi connectivity index (χ2v) is 8.38. The van der Waals surface area contributed by atoms with Crippen LogP contribution >= 0.6 is 0 Å². The van der Waals surface area contributed by atoms with E-state index in [9.17, 15) is 0 Å². The van der Waals surface area contributed by atoms with Crippen LogP contribution in [0.4, 0.5) is 0 Å². The van der Waals surface area contributed by atoms with E-state index in [0.717, 1.165) is 18.4 Å². The van der Waals surface area contributed by atoms with Crippen molar-refractivity contribution in [1.29, 1.82) is 0 Å². The second kappa shape index (κ2) is 7.14. The van der Waals surface area contributed by atoms with Gasteiger partial charge >= 0.3 is 0 Å². The van der Waals surface area contributed by atoms with Gasteiger partial charge in [-0.3, -0.25) is 4.68 Å². The van der Waals surface area contributed by atoms with Crippen LogP contribution in [0.15, 0.2) is 18.5 Å². The fourth-order valence-electron chi connectivity index (χ4n) is 4.96. The fourth-order valence-corrected chi connectivity index (χ4v) is 4.96. The minimum absolute atomic E-state index is 0.578. The van der Waals surface area contributed by atoms with Crippen molar-refractivity contribution in [2.24, 2.45) is 0 Å². The average Bonchev–Trinajstić information content (AvgIpc) is 3.24. The van der Waals surface area contributed by atoms with E-state index in [1.54, 1.807) is 0 Å². The van der Waals surface area contributed by atoms with E-state index in [2.05, 4.69) is 24.8 Å². The third-order valence-corrected chi connectivity index (χ3v) is 6.55. The standard InChI is InChI=1S/C20H30N6/c1-2-5-17(6-3-1)24-13-9-16(10-14-24)20-23-22-19(26(20)18-7-8-18)15-25-12-4-11-21-25/h4,11-12,16-18H,1-3,5-10,13-15H2. The summed E-state index contributed by atoms with van der Waals surface area (Å²) in [7, 11) is 0. The molecule has 3 aliphatic rings. The maximum atomic E-state index is 4.67. The lowest BCUT2D eigenvalue weighted by atomic mass is 9.90. The van der Waals surface area contributed by atoms with Crippen molar-refractivity contribution >= 4 is 0 Å². The van der Waals surface area contributed by atoms with Crippen molar-refractivity contribution in [1.82, 2.24) is 29.4 Å². The Morgan fingerprint density at radius 3 is 2.38 bits per heavy atom. The molecule has 2 aromatic heterocycles. The zero-order valence-corrected chi connectivity index (χ0v) is 15.6. The first-order valence-corrected chi connectivity index (χ1v) is 10.5. The maximum absolute atomic E-state index is 4.67. The Labute approximate surface area is 155 Å². The predicted molar refractivity (Wildman–Crippen MR) is 100 cm³/mol. The summed E-state index contributed by atoms with van der Waals surface area (Å²) in [6.45, 7) is 3.21. The van der Waals surface area contributed by atoms with Crippen molar-refractivity contribution in [3.05, 3.63) is 30.1 Å². The van der Waals surface area contributed by atoms with E-state index >= 15 is 0 Å². The summed E-state index contributed by atoms with van der Waals surface area (Å²) >= 11 is 0. The average molecular weight is 355 g/mol. The molecule has 1 aliphatic heterocycles. The summed E-state index contributed by atoms with van der Waals surface area (Å²) < 4.78 is 4.42. The van der Waals surface area contributed by atoms with Gasteiger partial charge in [-0.1, -0.05) is 19.3 Å². The van der Waals surface area contributed by atoms with Crippen LogP contribution in [0.1, 0.15) is 81.4 Å². The molecular formula is C20H30N6. The maximum Gasteiger partial charge on any atom is 0.155 e. The first kappa shape index (κ1) is 16.5. The molecule has 0 unspecified atom stereocenters. The van der Waals surface area contributed by atoms with Crippen LogP contribution in [-0.4, -0.2) is 48.6 Å². The van der Waals surface area contributed by atoms with Crippen LogP contribution in [-0.2, 0) is 6.54 Å². The van der Waals surface area contributed by atoms with Gasteiger partial charge in [0.05, 0.1) is 0 Å². The van der Waals surface area contributed by atoms with Crippen LogP contribution in [0.2, 0.25) is 0 Å². The normalized spacial score (nSPS) is 23.5. The number of hydrogen-bond donors (Lipinski definition) is 0. The lowest BCUT2D eigenvalue weighted by Crippen LogP contribution is -2.42. The monoisotopic (exact) mass is 354 g/mol. The summed E-state index contributed by atoms with van der Waals surface area (Å²) in [4.78, 5) is 2.76. The van der Waals surface area contributed by atoms with Gasteiger partial charge in [0.1, 0.15) is 12.4 Å². The third kappa shape index (κ3) is 3.31. The van der Waals surface area contributed by atoms with E-state index in [-0.39, 0.29) is 0 Å². The van der Waals surface area contributed by atoms with Gasteiger partial charge in [0.15, 0.2) is 5.82 Å². The smallest absolute Gasteiger partial charge is 0.155 e. The molecule has 0 spiro atoms. The Kier molecular flexibility index (Phi) is 4.53. The first-order valence-electron chi connectivity index (χ1n) is 10.5. The lowest BCUT2D eigenvalue weighted by molar-refractivity contribution is 0.120. The molecule has 0 amide bonds. The summed E-state index contributed by atoms with van der Waals surface area (Å²) in [5.41, 5.74) is 0. The number of rotatable bonds is 5. The number of nitrogens with zero attached hydrogens (tertiary/aromatic N) is 6. The Bertz CT molecular complexity index is 703. The van der Waals surface area contributed by atoms with Gasteiger partial charge in [-0.05, 0) is 57.7 Å². The van der Waals surface area contributed by atoms with Crippen molar-refractivity contribution in [2.75, 3.05) is 13.1 Å². The molecule has 3 fully saturated rings. The molecule has 6 heteroatoms. The van der Waals surface area contributed by atoms with E-state index in [1.807, 2.05) is 23.1 Å². The summed E-state index contributed by atoms with van der Waals surface area (Å²) in [6.07, 6.45) is 16.0. The molecule has 140 valence electrons. The Hall–Kier alpha value is -1.69. The molecule has 5 rings (SSSR count). The summed E-state index contributed by atoms with van der Waals surface area (Å²) in [5.74, 6) is 2.91. The largest absolute Gasteiger partial charge is 0.310 e. The third-order valence-electron chi connectivity index (χ3n) is 6.55. The van der Waals surface area contributed by atoms with Crippen LogP contribution in [0.3, 0.4) is 0 Å². The molecule has 2 saturated carbocycles. The number of piperidine rings is 1. The highest BCUT2D eigenvalue weighted by atomic mass is 15.3.